The quantitative estimate of drug-likeness (QED) is 0.786. The molecule has 1 aliphatic carbocycles. The number of nitrogens with zero attached hydrogens (tertiary/aromatic N) is 1. The summed E-state index contributed by atoms with van der Waals surface area (Å²) in [6.45, 7) is 1.89. The Labute approximate surface area is 112 Å². The normalized spacial score (nSPS) is 14.2. The monoisotopic (exact) mass is 253 g/mol. The minimum atomic E-state index is -0.0562. The molecule has 96 valence electrons. The number of ether oxygens (including phenoxy) is 1. The Kier molecular flexibility index (Phi) is 3.03. The van der Waals surface area contributed by atoms with Gasteiger partial charge in [0.1, 0.15) is 11.4 Å². The lowest BCUT2D eigenvalue weighted by atomic mass is 10.0. The molecule has 1 aromatic carbocycles. The van der Waals surface area contributed by atoms with Gasteiger partial charge in [0.15, 0.2) is 0 Å². The largest absolute Gasteiger partial charge is 0.490 e. The van der Waals surface area contributed by atoms with Crippen LogP contribution in [0.15, 0.2) is 42.6 Å². The molecular weight excluding hydrogens is 238 g/mol. The van der Waals surface area contributed by atoms with Crippen molar-refractivity contribution in [2.24, 2.45) is 0 Å². The van der Waals surface area contributed by atoms with Crippen molar-refractivity contribution in [3.8, 4) is 5.75 Å². The predicted octanol–water partition coefficient (Wildman–Crippen LogP) is 3.16. The molecule has 0 aliphatic heterocycles. The molecule has 0 spiro atoms. The van der Waals surface area contributed by atoms with Crippen molar-refractivity contribution in [1.82, 2.24) is 4.98 Å². The Bertz CT molecular complexity index is 618. The molecule has 3 heteroatoms. The number of ketones is 1. The summed E-state index contributed by atoms with van der Waals surface area (Å²) in [5, 5.41) is 0. The molecule has 0 unspecified atom stereocenters. The van der Waals surface area contributed by atoms with E-state index in [1.54, 1.807) is 18.3 Å². The van der Waals surface area contributed by atoms with Crippen molar-refractivity contribution >= 4 is 5.78 Å². The number of pyridine rings is 1. The summed E-state index contributed by atoms with van der Waals surface area (Å²) in [7, 11) is 0. The van der Waals surface area contributed by atoms with Crippen LogP contribution in [0.4, 0.5) is 0 Å². The smallest absolute Gasteiger partial charge is 0.211 e. The van der Waals surface area contributed by atoms with E-state index in [-0.39, 0.29) is 5.78 Å². The van der Waals surface area contributed by atoms with Gasteiger partial charge in [-0.25, -0.2) is 0 Å². The van der Waals surface area contributed by atoms with Gasteiger partial charge in [-0.05, 0) is 43.5 Å². The maximum atomic E-state index is 12.4. The van der Waals surface area contributed by atoms with Gasteiger partial charge in [0.25, 0.3) is 0 Å². The molecule has 0 amide bonds. The van der Waals surface area contributed by atoms with Crippen molar-refractivity contribution in [3.63, 3.8) is 0 Å². The van der Waals surface area contributed by atoms with Crippen LogP contribution in [0.1, 0.15) is 34.5 Å². The molecule has 0 saturated heterocycles. The maximum Gasteiger partial charge on any atom is 0.211 e. The van der Waals surface area contributed by atoms with Crippen LogP contribution in [0.5, 0.6) is 5.75 Å². The van der Waals surface area contributed by atoms with E-state index in [4.69, 9.17) is 4.74 Å². The maximum absolute atomic E-state index is 12.4. The van der Waals surface area contributed by atoms with Crippen LogP contribution >= 0.6 is 0 Å². The van der Waals surface area contributed by atoms with Gasteiger partial charge in [-0.1, -0.05) is 18.2 Å². The Hall–Kier alpha value is -2.16. The van der Waals surface area contributed by atoms with Crippen molar-refractivity contribution in [2.45, 2.75) is 25.9 Å². The summed E-state index contributed by atoms with van der Waals surface area (Å²) in [4.78, 5) is 16.6. The van der Waals surface area contributed by atoms with Crippen LogP contribution < -0.4 is 4.74 Å². The van der Waals surface area contributed by atoms with E-state index in [0.717, 1.165) is 24.2 Å². The molecule has 0 radical (unpaired) electrons. The first-order chi connectivity index (χ1) is 9.24. The third kappa shape index (κ3) is 2.65. The Balaban J connectivity index is 1.88. The number of carbonyl (C=O) groups excluding carboxylic acids is 1. The molecule has 3 nitrogen and oxygen atoms in total. The molecule has 19 heavy (non-hydrogen) atoms. The highest BCUT2D eigenvalue weighted by Crippen LogP contribution is 2.27. The number of aryl methyl sites for hydroxylation is 1. The summed E-state index contributed by atoms with van der Waals surface area (Å²) < 4.78 is 5.71. The van der Waals surface area contributed by atoms with Gasteiger partial charge in [-0.15, -0.1) is 0 Å². The third-order valence-corrected chi connectivity index (χ3v) is 3.15. The van der Waals surface area contributed by atoms with Gasteiger partial charge in [0, 0.05) is 11.8 Å². The number of benzene rings is 1. The molecule has 1 fully saturated rings. The number of carbonyl (C=O) groups is 1. The zero-order chi connectivity index (χ0) is 13.2. The van der Waals surface area contributed by atoms with Gasteiger partial charge >= 0.3 is 0 Å². The van der Waals surface area contributed by atoms with Crippen LogP contribution in [0.2, 0.25) is 0 Å². The van der Waals surface area contributed by atoms with E-state index < -0.39 is 0 Å². The lowest BCUT2D eigenvalue weighted by Crippen LogP contribution is -2.06. The Morgan fingerprint density at radius 1 is 1.26 bits per heavy atom. The van der Waals surface area contributed by atoms with Gasteiger partial charge in [-0.3, -0.25) is 9.78 Å². The van der Waals surface area contributed by atoms with Gasteiger partial charge in [0.2, 0.25) is 5.78 Å². The summed E-state index contributed by atoms with van der Waals surface area (Å²) in [5.74, 6) is 0.710. The molecule has 1 aliphatic rings. The zero-order valence-corrected chi connectivity index (χ0v) is 10.8. The van der Waals surface area contributed by atoms with E-state index in [1.165, 1.54) is 0 Å². The summed E-state index contributed by atoms with van der Waals surface area (Å²) in [6.07, 6.45) is 4.20. The Morgan fingerprint density at radius 2 is 2.11 bits per heavy atom. The summed E-state index contributed by atoms with van der Waals surface area (Å²) >= 11 is 0. The van der Waals surface area contributed by atoms with Crippen molar-refractivity contribution < 1.29 is 9.53 Å². The van der Waals surface area contributed by atoms with E-state index in [9.17, 15) is 4.79 Å². The van der Waals surface area contributed by atoms with Crippen LogP contribution in [0, 0.1) is 6.92 Å². The average Bonchev–Trinajstić information content (AvgIpc) is 3.23. The number of hydrogen-bond donors (Lipinski definition) is 0. The molecular formula is C16H15NO2. The predicted molar refractivity (Wildman–Crippen MR) is 72.5 cm³/mol. The summed E-state index contributed by atoms with van der Waals surface area (Å²) in [5.41, 5.74) is 2.02. The van der Waals surface area contributed by atoms with E-state index in [1.807, 2.05) is 31.2 Å². The SMILES string of the molecule is Cc1cccnc1C(=O)c1cccc(OC2CC2)c1. The number of hydrogen-bond acceptors (Lipinski definition) is 3. The molecule has 1 aromatic heterocycles. The van der Waals surface area contributed by atoms with Crippen molar-refractivity contribution in [3.05, 3.63) is 59.4 Å². The number of rotatable bonds is 4. The van der Waals surface area contributed by atoms with Crippen molar-refractivity contribution in [2.75, 3.05) is 0 Å². The van der Waals surface area contributed by atoms with Gasteiger partial charge in [-0.2, -0.15) is 0 Å². The first-order valence-corrected chi connectivity index (χ1v) is 6.47. The van der Waals surface area contributed by atoms with Crippen LogP contribution in [0.25, 0.3) is 0 Å². The van der Waals surface area contributed by atoms with Gasteiger partial charge < -0.3 is 4.74 Å². The topological polar surface area (TPSA) is 39.2 Å². The molecule has 0 atom stereocenters. The lowest BCUT2D eigenvalue weighted by molar-refractivity contribution is 0.103. The molecule has 0 N–H and O–H groups in total. The molecule has 2 aromatic rings. The fourth-order valence-electron chi connectivity index (χ4n) is 1.95. The second-order valence-corrected chi connectivity index (χ2v) is 4.84. The highest BCUT2D eigenvalue weighted by Gasteiger charge is 2.23. The first kappa shape index (κ1) is 11.9. The van der Waals surface area contributed by atoms with Crippen molar-refractivity contribution in [1.29, 1.82) is 0 Å². The lowest BCUT2D eigenvalue weighted by Gasteiger charge is -2.07. The van der Waals surface area contributed by atoms with E-state index >= 15 is 0 Å². The second kappa shape index (κ2) is 4.84. The van der Waals surface area contributed by atoms with Crippen LogP contribution in [0.3, 0.4) is 0 Å². The minimum Gasteiger partial charge on any atom is -0.490 e. The molecule has 1 heterocycles. The number of aromatic nitrogens is 1. The standard InChI is InChI=1S/C16H15NO2/c1-11-4-3-9-17-15(11)16(18)12-5-2-6-14(10-12)19-13-7-8-13/h2-6,9-10,13H,7-8H2,1H3. The molecule has 0 bridgehead atoms. The average molecular weight is 253 g/mol. The van der Waals surface area contributed by atoms with Crippen LogP contribution in [-0.4, -0.2) is 16.9 Å². The highest BCUT2D eigenvalue weighted by atomic mass is 16.5. The van der Waals surface area contributed by atoms with Crippen LogP contribution in [-0.2, 0) is 0 Å². The molecule has 3 rings (SSSR count). The first-order valence-electron chi connectivity index (χ1n) is 6.47. The highest BCUT2D eigenvalue weighted by molar-refractivity contribution is 6.08. The fourth-order valence-corrected chi connectivity index (χ4v) is 1.95. The fraction of sp³-hybridized carbons (Fsp3) is 0.250. The summed E-state index contributed by atoms with van der Waals surface area (Å²) in [6, 6.07) is 11.1. The van der Waals surface area contributed by atoms with E-state index in [2.05, 4.69) is 4.98 Å². The zero-order valence-electron chi connectivity index (χ0n) is 10.8. The van der Waals surface area contributed by atoms with E-state index in [0.29, 0.717) is 17.4 Å². The van der Waals surface area contributed by atoms with Gasteiger partial charge in [0.05, 0.1) is 6.10 Å². The Morgan fingerprint density at radius 3 is 2.84 bits per heavy atom. The minimum absolute atomic E-state index is 0.0562. The molecule has 1 saturated carbocycles. The third-order valence-electron chi connectivity index (χ3n) is 3.15. The second-order valence-electron chi connectivity index (χ2n) is 4.84.